The Bertz CT molecular complexity index is 101. The molecule has 0 aromatic rings. The van der Waals surface area contributed by atoms with E-state index in [9.17, 15) is 0 Å². The molecule has 0 aliphatic heterocycles. The zero-order chi connectivity index (χ0) is 5.78. The van der Waals surface area contributed by atoms with Gasteiger partial charge in [-0.3, -0.25) is 0 Å². The normalized spacial score (nSPS) is 48.8. The lowest BCUT2D eigenvalue weighted by Gasteiger charge is -2.04. The van der Waals surface area contributed by atoms with Crippen molar-refractivity contribution < 1.29 is 0 Å². The summed E-state index contributed by atoms with van der Waals surface area (Å²) in [5.74, 6) is 2.25. The number of hydrogen-bond donors (Lipinski definition) is 0. The molecular formula is C8H14. The molecule has 0 spiro atoms. The average Bonchev–Trinajstić information content (AvgIpc) is 2.22. The van der Waals surface area contributed by atoms with Crippen LogP contribution in [0.15, 0.2) is 0 Å². The first-order chi connectivity index (χ1) is 3.73. The summed E-state index contributed by atoms with van der Waals surface area (Å²) in [6.07, 6.45) is 4.56. The van der Waals surface area contributed by atoms with E-state index in [1.165, 1.54) is 19.3 Å². The molecule has 0 amide bonds. The lowest BCUT2D eigenvalue weighted by atomic mass is 10.0. The van der Waals surface area contributed by atoms with Crippen molar-refractivity contribution in [2.45, 2.75) is 33.1 Å². The van der Waals surface area contributed by atoms with Crippen LogP contribution in [0.4, 0.5) is 0 Å². The van der Waals surface area contributed by atoms with Crippen molar-refractivity contribution >= 4 is 0 Å². The summed E-state index contributed by atoms with van der Waals surface area (Å²) < 4.78 is 0. The monoisotopic (exact) mass is 110 g/mol. The molecule has 0 nitrogen and oxygen atoms in total. The fourth-order valence-corrected chi connectivity index (χ4v) is 2.56. The van der Waals surface area contributed by atoms with Gasteiger partial charge in [0.2, 0.25) is 0 Å². The van der Waals surface area contributed by atoms with E-state index in [4.69, 9.17) is 0 Å². The smallest absolute Gasteiger partial charge is 0.0292 e. The molecule has 2 atom stereocenters. The van der Waals surface area contributed by atoms with Gasteiger partial charge in [0, 0.05) is 0 Å². The van der Waals surface area contributed by atoms with Gasteiger partial charge in [-0.05, 0) is 30.1 Å². The minimum absolute atomic E-state index is 0.762. The Morgan fingerprint density at radius 3 is 1.88 bits per heavy atom. The maximum atomic E-state index is 2.42. The lowest BCUT2D eigenvalue weighted by molar-refractivity contribution is 0.465. The maximum absolute atomic E-state index is 2.42. The molecular weight excluding hydrogens is 96.1 g/mol. The van der Waals surface area contributed by atoms with E-state index >= 15 is 0 Å². The van der Waals surface area contributed by atoms with Crippen molar-refractivity contribution in [3.8, 4) is 0 Å². The van der Waals surface area contributed by atoms with Gasteiger partial charge in [-0.15, -0.1) is 0 Å². The SMILES string of the molecule is CC1(C)C2CCC[C@@H]21. The Morgan fingerprint density at radius 1 is 1.12 bits per heavy atom. The Hall–Kier alpha value is 0. The molecule has 0 aromatic carbocycles. The van der Waals surface area contributed by atoms with E-state index in [2.05, 4.69) is 13.8 Å². The van der Waals surface area contributed by atoms with Gasteiger partial charge in [-0.1, -0.05) is 20.3 Å². The minimum atomic E-state index is 0.762. The van der Waals surface area contributed by atoms with Crippen molar-refractivity contribution in [2.24, 2.45) is 17.3 Å². The summed E-state index contributed by atoms with van der Waals surface area (Å²) in [5, 5.41) is 0. The molecule has 0 N–H and O–H groups in total. The Morgan fingerprint density at radius 2 is 1.62 bits per heavy atom. The first-order valence-electron chi connectivity index (χ1n) is 3.73. The molecule has 0 heterocycles. The van der Waals surface area contributed by atoms with Gasteiger partial charge in [0.1, 0.15) is 0 Å². The summed E-state index contributed by atoms with van der Waals surface area (Å²) in [5.41, 5.74) is 0.762. The van der Waals surface area contributed by atoms with Crippen molar-refractivity contribution in [3.05, 3.63) is 0 Å². The first kappa shape index (κ1) is 4.84. The number of rotatable bonds is 0. The highest BCUT2D eigenvalue weighted by atomic mass is 14.6. The predicted molar refractivity (Wildman–Crippen MR) is 34.6 cm³/mol. The third-order valence-corrected chi connectivity index (χ3v) is 3.32. The quantitative estimate of drug-likeness (QED) is 0.449. The highest BCUT2D eigenvalue weighted by Gasteiger charge is 2.58. The van der Waals surface area contributed by atoms with Crippen LogP contribution in [0.5, 0.6) is 0 Å². The molecule has 2 saturated carbocycles. The molecule has 1 unspecified atom stereocenters. The van der Waals surface area contributed by atoms with Crippen LogP contribution in [-0.2, 0) is 0 Å². The van der Waals surface area contributed by atoms with Crippen LogP contribution in [0.2, 0.25) is 0 Å². The standard InChI is InChI=1S/C8H14/c1-8(2)6-4-3-5-7(6)8/h6-7H,3-5H2,1-2H3/t6-,7?/m0/s1. The van der Waals surface area contributed by atoms with E-state index in [1.54, 1.807) is 0 Å². The molecule has 0 aromatic heterocycles. The molecule has 2 fully saturated rings. The molecule has 0 radical (unpaired) electrons. The Balaban J connectivity index is 2.13. The summed E-state index contributed by atoms with van der Waals surface area (Å²) in [6.45, 7) is 4.84. The number of hydrogen-bond acceptors (Lipinski definition) is 0. The molecule has 0 saturated heterocycles. The molecule has 2 aliphatic rings. The van der Waals surface area contributed by atoms with E-state index in [1.807, 2.05) is 0 Å². The Kier molecular flexibility index (Phi) is 0.678. The molecule has 46 valence electrons. The van der Waals surface area contributed by atoms with Crippen LogP contribution in [0.3, 0.4) is 0 Å². The van der Waals surface area contributed by atoms with Crippen LogP contribution < -0.4 is 0 Å². The van der Waals surface area contributed by atoms with Gasteiger partial charge in [0.15, 0.2) is 0 Å². The molecule has 8 heavy (non-hydrogen) atoms. The van der Waals surface area contributed by atoms with Crippen molar-refractivity contribution in [2.75, 3.05) is 0 Å². The van der Waals surface area contributed by atoms with Crippen molar-refractivity contribution in [1.82, 2.24) is 0 Å². The topological polar surface area (TPSA) is 0 Å². The second-order valence-corrected chi connectivity index (χ2v) is 3.97. The molecule has 2 aliphatic carbocycles. The van der Waals surface area contributed by atoms with E-state index in [-0.39, 0.29) is 0 Å². The van der Waals surface area contributed by atoms with Gasteiger partial charge in [-0.25, -0.2) is 0 Å². The minimum Gasteiger partial charge on any atom is -0.0594 e. The molecule has 0 bridgehead atoms. The van der Waals surface area contributed by atoms with Gasteiger partial charge in [-0.2, -0.15) is 0 Å². The second-order valence-electron chi connectivity index (χ2n) is 3.97. The van der Waals surface area contributed by atoms with Crippen LogP contribution in [0.1, 0.15) is 33.1 Å². The van der Waals surface area contributed by atoms with Gasteiger partial charge >= 0.3 is 0 Å². The Labute approximate surface area is 51.3 Å². The van der Waals surface area contributed by atoms with E-state index in [0.29, 0.717) is 0 Å². The highest BCUT2D eigenvalue weighted by molar-refractivity contribution is 5.07. The average molecular weight is 110 g/mol. The fourth-order valence-electron chi connectivity index (χ4n) is 2.56. The van der Waals surface area contributed by atoms with Crippen LogP contribution in [-0.4, -0.2) is 0 Å². The zero-order valence-electron chi connectivity index (χ0n) is 5.78. The van der Waals surface area contributed by atoms with Crippen molar-refractivity contribution in [3.63, 3.8) is 0 Å². The summed E-state index contributed by atoms with van der Waals surface area (Å²) in [7, 11) is 0. The summed E-state index contributed by atoms with van der Waals surface area (Å²) in [6, 6.07) is 0. The van der Waals surface area contributed by atoms with E-state index < -0.39 is 0 Å². The second kappa shape index (κ2) is 1.12. The van der Waals surface area contributed by atoms with Crippen LogP contribution in [0.25, 0.3) is 0 Å². The first-order valence-corrected chi connectivity index (χ1v) is 3.73. The predicted octanol–water partition coefficient (Wildman–Crippen LogP) is 2.44. The van der Waals surface area contributed by atoms with Gasteiger partial charge < -0.3 is 0 Å². The largest absolute Gasteiger partial charge is 0.0594 e. The number of fused-ring (bicyclic) bond motifs is 1. The van der Waals surface area contributed by atoms with Crippen LogP contribution >= 0.6 is 0 Å². The highest BCUT2D eigenvalue weighted by Crippen LogP contribution is 2.66. The summed E-state index contributed by atoms with van der Waals surface area (Å²) in [4.78, 5) is 0. The summed E-state index contributed by atoms with van der Waals surface area (Å²) >= 11 is 0. The van der Waals surface area contributed by atoms with Crippen molar-refractivity contribution in [1.29, 1.82) is 0 Å². The molecule has 0 heteroatoms. The lowest BCUT2D eigenvalue weighted by Crippen LogP contribution is -1.94. The third-order valence-electron chi connectivity index (χ3n) is 3.32. The van der Waals surface area contributed by atoms with Gasteiger partial charge in [0.25, 0.3) is 0 Å². The molecule has 2 rings (SSSR count). The fraction of sp³-hybridized carbons (Fsp3) is 1.00. The third kappa shape index (κ3) is 0.375. The zero-order valence-corrected chi connectivity index (χ0v) is 5.78. The van der Waals surface area contributed by atoms with Crippen LogP contribution in [0, 0.1) is 17.3 Å². The van der Waals surface area contributed by atoms with E-state index in [0.717, 1.165) is 17.3 Å². The van der Waals surface area contributed by atoms with Gasteiger partial charge in [0.05, 0.1) is 0 Å². The maximum Gasteiger partial charge on any atom is -0.0292 e.